The Morgan fingerprint density at radius 3 is 1.50 bits per heavy atom. The van der Waals surface area contributed by atoms with Gasteiger partial charge in [-0.15, -0.1) is 0 Å². The van der Waals surface area contributed by atoms with Crippen LogP contribution in [-0.4, -0.2) is 23.1 Å². The van der Waals surface area contributed by atoms with Gasteiger partial charge in [-0.25, -0.2) is 0 Å². The highest BCUT2D eigenvalue weighted by Crippen LogP contribution is 2.14. The number of hydrogen-bond acceptors (Lipinski definition) is 3. The van der Waals surface area contributed by atoms with E-state index in [4.69, 9.17) is 9.84 Å². The van der Waals surface area contributed by atoms with Crippen LogP contribution in [0.4, 0.5) is 0 Å². The minimum atomic E-state index is -0.736. The van der Waals surface area contributed by atoms with E-state index in [2.05, 4.69) is 92.8 Å². The van der Waals surface area contributed by atoms with Crippen molar-refractivity contribution < 1.29 is 19.4 Å². The zero-order valence-electron chi connectivity index (χ0n) is 28.2. The van der Waals surface area contributed by atoms with Crippen LogP contribution >= 0.6 is 0 Å². The highest BCUT2D eigenvalue weighted by atomic mass is 16.5. The summed E-state index contributed by atoms with van der Waals surface area (Å²) in [4.78, 5) is 23.2. The van der Waals surface area contributed by atoms with Gasteiger partial charge in [-0.3, -0.25) is 9.59 Å². The zero-order valence-corrected chi connectivity index (χ0v) is 28.2. The molecule has 0 saturated carbocycles. The lowest BCUT2D eigenvalue weighted by molar-refractivity contribution is -0.147. The maximum absolute atomic E-state index is 12.5. The second-order valence-corrected chi connectivity index (χ2v) is 11.3. The molecule has 248 valence electrons. The van der Waals surface area contributed by atoms with Crippen molar-refractivity contribution in [2.75, 3.05) is 0 Å². The fourth-order valence-electron chi connectivity index (χ4n) is 4.58. The third kappa shape index (κ3) is 33.6. The first-order chi connectivity index (χ1) is 21.6. The molecule has 1 N–H and O–H groups in total. The Labute approximate surface area is 270 Å². The number of aliphatic carboxylic acids is 1. The molecule has 0 fully saturated rings. The van der Waals surface area contributed by atoms with E-state index in [1.54, 1.807) is 0 Å². The van der Waals surface area contributed by atoms with Gasteiger partial charge in [-0.05, 0) is 89.5 Å². The van der Waals surface area contributed by atoms with Gasteiger partial charge >= 0.3 is 11.9 Å². The summed E-state index contributed by atoms with van der Waals surface area (Å²) in [6.45, 7) is 4.29. The zero-order chi connectivity index (χ0) is 32.2. The molecule has 0 aromatic carbocycles. The standard InChI is InChI=1S/C40H64O4/c1-3-5-7-9-11-13-14-15-16-17-18-19-20-21-22-23-25-27-33-37-40(43)44-38(35-31-28-29-32-36-39(41)42)34-30-26-24-12-10-8-6-4-2/h5-8,11-13,15-16,18-19,24,30,34,38H,3-4,9-10,14,17,20-23,25-29,31-33,35-37H2,1-2H3,(H,41,42)/b7-5-,8-6-,13-11-,16-15-,19-18-,24-12-,34-30-. The van der Waals surface area contributed by atoms with Crippen LogP contribution in [0.15, 0.2) is 85.1 Å². The molecule has 0 radical (unpaired) electrons. The fourth-order valence-corrected chi connectivity index (χ4v) is 4.58. The summed E-state index contributed by atoms with van der Waals surface area (Å²) in [5.41, 5.74) is 0. The molecule has 0 aromatic heterocycles. The summed E-state index contributed by atoms with van der Waals surface area (Å²) >= 11 is 0. The lowest BCUT2D eigenvalue weighted by Crippen LogP contribution is -2.16. The maximum Gasteiger partial charge on any atom is 0.306 e. The predicted octanol–water partition coefficient (Wildman–Crippen LogP) is 12.1. The average molecular weight is 609 g/mol. The van der Waals surface area contributed by atoms with E-state index >= 15 is 0 Å². The number of esters is 1. The van der Waals surface area contributed by atoms with Gasteiger partial charge in [0.1, 0.15) is 6.10 Å². The quantitative estimate of drug-likeness (QED) is 0.0500. The number of hydrogen-bond donors (Lipinski definition) is 1. The molecule has 0 rings (SSSR count). The summed E-state index contributed by atoms with van der Waals surface area (Å²) in [5.74, 6) is -0.843. The van der Waals surface area contributed by atoms with Crippen LogP contribution in [0, 0.1) is 0 Å². The first-order valence-electron chi connectivity index (χ1n) is 17.6. The maximum atomic E-state index is 12.5. The third-order valence-corrected chi connectivity index (χ3v) is 7.10. The number of carbonyl (C=O) groups excluding carboxylic acids is 1. The molecule has 0 saturated heterocycles. The van der Waals surface area contributed by atoms with Crippen LogP contribution in [0.2, 0.25) is 0 Å². The van der Waals surface area contributed by atoms with E-state index < -0.39 is 5.97 Å². The summed E-state index contributed by atoms with van der Waals surface area (Å²) in [6.07, 6.45) is 50.4. The van der Waals surface area contributed by atoms with Crippen LogP contribution < -0.4 is 0 Å². The van der Waals surface area contributed by atoms with E-state index in [0.29, 0.717) is 12.8 Å². The first kappa shape index (κ1) is 41.1. The molecular formula is C40H64O4. The molecule has 0 spiro atoms. The van der Waals surface area contributed by atoms with Gasteiger partial charge in [-0.1, -0.05) is 131 Å². The molecule has 4 nitrogen and oxygen atoms in total. The Hall–Kier alpha value is -2.88. The SMILES string of the molecule is CC/C=C\C/C=C\C/C=C\C/C=C\CCCCCCCCC(=O)OC(/C=C\C/C=C\C/C=C\CC)CCCCCCC(=O)O. The van der Waals surface area contributed by atoms with Gasteiger partial charge in [0, 0.05) is 12.8 Å². The van der Waals surface area contributed by atoms with Crippen molar-refractivity contribution in [3.05, 3.63) is 85.1 Å². The van der Waals surface area contributed by atoms with E-state index in [1.807, 2.05) is 6.08 Å². The summed E-state index contributed by atoms with van der Waals surface area (Å²) in [5, 5.41) is 8.80. The summed E-state index contributed by atoms with van der Waals surface area (Å²) in [6, 6.07) is 0. The molecule has 0 aliphatic rings. The van der Waals surface area contributed by atoms with Gasteiger partial charge in [0.15, 0.2) is 0 Å². The van der Waals surface area contributed by atoms with E-state index in [1.165, 1.54) is 25.7 Å². The highest BCUT2D eigenvalue weighted by molar-refractivity contribution is 5.69. The molecule has 0 heterocycles. The molecule has 0 amide bonds. The number of carboxylic acids is 1. The van der Waals surface area contributed by atoms with Crippen molar-refractivity contribution in [3.8, 4) is 0 Å². The molecule has 0 aliphatic carbocycles. The molecule has 1 atom stereocenters. The van der Waals surface area contributed by atoms with Crippen molar-refractivity contribution in [3.63, 3.8) is 0 Å². The Bertz CT molecular complexity index is 872. The number of carbonyl (C=O) groups is 2. The number of unbranched alkanes of at least 4 members (excludes halogenated alkanes) is 9. The Balaban J connectivity index is 4.07. The van der Waals surface area contributed by atoms with E-state index in [9.17, 15) is 9.59 Å². The number of carboxylic acid groups (broad SMARTS) is 1. The van der Waals surface area contributed by atoms with Gasteiger partial charge in [0.05, 0.1) is 0 Å². The first-order valence-corrected chi connectivity index (χ1v) is 17.6. The van der Waals surface area contributed by atoms with Crippen molar-refractivity contribution in [2.45, 2.75) is 155 Å². The fraction of sp³-hybridized carbons (Fsp3) is 0.600. The lowest BCUT2D eigenvalue weighted by atomic mass is 10.1. The molecule has 4 heteroatoms. The number of rotatable bonds is 30. The van der Waals surface area contributed by atoms with Gasteiger partial charge < -0.3 is 9.84 Å². The molecule has 0 aliphatic heterocycles. The van der Waals surface area contributed by atoms with Crippen molar-refractivity contribution >= 4 is 11.9 Å². The number of ether oxygens (including phenoxy) is 1. The minimum Gasteiger partial charge on any atom is -0.481 e. The monoisotopic (exact) mass is 608 g/mol. The van der Waals surface area contributed by atoms with Gasteiger partial charge in [0.2, 0.25) is 0 Å². The molecule has 0 aromatic rings. The normalized spacial score (nSPS) is 13.3. The predicted molar refractivity (Wildman–Crippen MR) is 190 cm³/mol. The van der Waals surface area contributed by atoms with Crippen molar-refractivity contribution in [1.29, 1.82) is 0 Å². The Morgan fingerprint density at radius 2 is 0.955 bits per heavy atom. The van der Waals surface area contributed by atoms with E-state index in [-0.39, 0.29) is 18.5 Å². The minimum absolute atomic E-state index is 0.106. The van der Waals surface area contributed by atoms with Crippen LogP contribution in [0.1, 0.15) is 149 Å². The van der Waals surface area contributed by atoms with Gasteiger partial charge in [0.25, 0.3) is 0 Å². The van der Waals surface area contributed by atoms with Crippen LogP contribution in [0.3, 0.4) is 0 Å². The summed E-state index contributed by atoms with van der Waals surface area (Å²) < 4.78 is 5.82. The second-order valence-electron chi connectivity index (χ2n) is 11.3. The summed E-state index contributed by atoms with van der Waals surface area (Å²) in [7, 11) is 0. The smallest absolute Gasteiger partial charge is 0.306 e. The van der Waals surface area contributed by atoms with Crippen molar-refractivity contribution in [2.24, 2.45) is 0 Å². The molecule has 1 unspecified atom stereocenters. The third-order valence-electron chi connectivity index (χ3n) is 7.10. The van der Waals surface area contributed by atoms with Crippen LogP contribution in [-0.2, 0) is 14.3 Å². The van der Waals surface area contributed by atoms with Crippen LogP contribution in [0.5, 0.6) is 0 Å². The average Bonchev–Trinajstić information content (AvgIpc) is 3.01. The Morgan fingerprint density at radius 1 is 0.523 bits per heavy atom. The van der Waals surface area contributed by atoms with Gasteiger partial charge in [-0.2, -0.15) is 0 Å². The topological polar surface area (TPSA) is 63.6 Å². The van der Waals surface area contributed by atoms with Crippen LogP contribution in [0.25, 0.3) is 0 Å². The lowest BCUT2D eigenvalue weighted by Gasteiger charge is -2.14. The Kier molecular flexibility index (Phi) is 32.3. The number of allylic oxidation sites excluding steroid dienone is 13. The highest BCUT2D eigenvalue weighted by Gasteiger charge is 2.11. The second kappa shape index (κ2) is 34.6. The largest absolute Gasteiger partial charge is 0.481 e. The molecule has 0 bridgehead atoms. The molecular weight excluding hydrogens is 544 g/mol. The molecule has 44 heavy (non-hydrogen) atoms. The van der Waals surface area contributed by atoms with Crippen molar-refractivity contribution in [1.82, 2.24) is 0 Å². The van der Waals surface area contributed by atoms with E-state index in [0.717, 1.165) is 89.9 Å².